The van der Waals surface area contributed by atoms with Crippen LogP contribution in [-0.2, 0) is 5.88 Å². The molecule has 0 aliphatic heterocycles. The second-order valence-electron chi connectivity index (χ2n) is 2.72. The highest BCUT2D eigenvalue weighted by atomic mass is 35.5. The Bertz CT molecular complexity index is 450. The number of nitrogen functional groups attached to an aromatic ring is 1. The van der Waals surface area contributed by atoms with Gasteiger partial charge in [0.25, 0.3) is 0 Å². The van der Waals surface area contributed by atoms with Crippen molar-refractivity contribution in [1.82, 2.24) is 0 Å². The van der Waals surface area contributed by atoms with Gasteiger partial charge in [0.05, 0.1) is 10.9 Å². The lowest BCUT2D eigenvalue weighted by Gasteiger charge is -2.05. The van der Waals surface area contributed by atoms with Gasteiger partial charge in [0.15, 0.2) is 0 Å². The number of rotatable bonds is 1. The molecular weight excluding hydrogens is 225 g/mol. The lowest BCUT2D eigenvalue weighted by molar-refractivity contribution is 1.43. The predicted molar refractivity (Wildman–Crippen MR) is 60.8 cm³/mol. The van der Waals surface area contributed by atoms with Crippen LogP contribution < -0.4 is 5.73 Å². The van der Waals surface area contributed by atoms with Crippen LogP contribution in [0.15, 0.2) is 17.5 Å². The Balaban J connectivity index is 2.85. The first-order valence-corrected chi connectivity index (χ1v) is 5.53. The number of fused-ring (bicyclic) bond motifs is 1. The molecule has 0 radical (unpaired) electrons. The van der Waals surface area contributed by atoms with Gasteiger partial charge in [0.1, 0.15) is 0 Å². The molecule has 1 heterocycles. The molecule has 2 aromatic rings. The van der Waals surface area contributed by atoms with E-state index in [0.717, 1.165) is 15.6 Å². The first kappa shape index (κ1) is 9.13. The van der Waals surface area contributed by atoms with E-state index in [1.54, 1.807) is 11.3 Å². The maximum Gasteiger partial charge on any atom is 0.0557 e. The average Bonchev–Trinajstić information content (AvgIpc) is 2.53. The Hall–Kier alpha value is -0.440. The second kappa shape index (κ2) is 3.37. The molecule has 0 amide bonds. The summed E-state index contributed by atoms with van der Waals surface area (Å²) in [6.45, 7) is 0. The lowest BCUT2D eigenvalue weighted by atomic mass is 10.1. The number of hydrogen-bond acceptors (Lipinski definition) is 2. The Morgan fingerprint density at radius 3 is 2.92 bits per heavy atom. The Kier molecular flexibility index (Phi) is 2.37. The molecule has 1 aromatic carbocycles. The van der Waals surface area contributed by atoms with Gasteiger partial charge >= 0.3 is 0 Å². The Labute approximate surface area is 90.1 Å². The zero-order valence-corrected chi connectivity index (χ0v) is 9.01. The van der Waals surface area contributed by atoms with E-state index in [4.69, 9.17) is 28.9 Å². The van der Waals surface area contributed by atoms with Gasteiger partial charge in [-0.1, -0.05) is 11.6 Å². The number of alkyl halides is 1. The van der Waals surface area contributed by atoms with Crippen molar-refractivity contribution in [3.8, 4) is 0 Å². The smallest absolute Gasteiger partial charge is 0.0557 e. The van der Waals surface area contributed by atoms with Crippen molar-refractivity contribution in [2.75, 3.05) is 5.73 Å². The average molecular weight is 232 g/mol. The number of halogens is 2. The number of benzene rings is 1. The number of anilines is 1. The van der Waals surface area contributed by atoms with E-state index in [-0.39, 0.29) is 0 Å². The van der Waals surface area contributed by atoms with E-state index in [0.29, 0.717) is 16.6 Å². The van der Waals surface area contributed by atoms with Crippen LogP contribution in [0.4, 0.5) is 5.69 Å². The molecular formula is C9H7Cl2NS. The molecule has 4 heteroatoms. The Morgan fingerprint density at radius 1 is 1.46 bits per heavy atom. The first-order valence-electron chi connectivity index (χ1n) is 3.74. The van der Waals surface area contributed by atoms with Crippen LogP contribution in [0.1, 0.15) is 5.56 Å². The largest absolute Gasteiger partial charge is 0.398 e. The summed E-state index contributed by atoms with van der Waals surface area (Å²) in [5, 5.41) is 3.72. The Morgan fingerprint density at radius 2 is 2.23 bits per heavy atom. The summed E-state index contributed by atoms with van der Waals surface area (Å²) >= 11 is 13.5. The molecule has 0 unspecified atom stereocenters. The fourth-order valence-electron chi connectivity index (χ4n) is 1.27. The van der Waals surface area contributed by atoms with Gasteiger partial charge in [0, 0.05) is 21.3 Å². The number of hydrogen-bond donors (Lipinski definition) is 1. The van der Waals surface area contributed by atoms with E-state index in [2.05, 4.69) is 0 Å². The minimum absolute atomic E-state index is 0.358. The number of thiophene rings is 1. The lowest BCUT2D eigenvalue weighted by Crippen LogP contribution is -1.92. The molecule has 0 aliphatic carbocycles. The van der Waals surface area contributed by atoms with E-state index < -0.39 is 0 Å². The van der Waals surface area contributed by atoms with E-state index >= 15 is 0 Å². The molecule has 0 spiro atoms. The van der Waals surface area contributed by atoms with Crippen LogP contribution in [0.25, 0.3) is 10.1 Å². The SMILES string of the molecule is Nc1cc2sccc2c(Cl)c1CCl. The summed E-state index contributed by atoms with van der Waals surface area (Å²) in [6, 6.07) is 3.90. The molecule has 0 bridgehead atoms. The van der Waals surface area contributed by atoms with Crippen LogP contribution in [0.3, 0.4) is 0 Å². The summed E-state index contributed by atoms with van der Waals surface area (Å²) < 4.78 is 1.11. The van der Waals surface area contributed by atoms with Gasteiger partial charge < -0.3 is 5.73 Å². The number of nitrogens with two attached hydrogens (primary N) is 1. The topological polar surface area (TPSA) is 26.0 Å². The van der Waals surface area contributed by atoms with E-state index in [9.17, 15) is 0 Å². The highest BCUT2D eigenvalue weighted by molar-refractivity contribution is 7.17. The quantitative estimate of drug-likeness (QED) is 0.586. The molecule has 0 saturated carbocycles. The molecule has 2 rings (SSSR count). The van der Waals surface area contributed by atoms with Gasteiger partial charge in [-0.05, 0) is 17.5 Å². The second-order valence-corrected chi connectivity index (χ2v) is 4.32. The van der Waals surface area contributed by atoms with Crippen molar-refractivity contribution in [3.05, 3.63) is 28.1 Å². The fraction of sp³-hybridized carbons (Fsp3) is 0.111. The van der Waals surface area contributed by atoms with E-state index in [1.807, 2.05) is 17.5 Å². The maximum atomic E-state index is 6.13. The van der Waals surface area contributed by atoms with Crippen molar-refractivity contribution >= 4 is 50.3 Å². The highest BCUT2D eigenvalue weighted by Crippen LogP contribution is 2.35. The highest BCUT2D eigenvalue weighted by Gasteiger charge is 2.09. The molecule has 2 N–H and O–H groups in total. The van der Waals surface area contributed by atoms with Crippen molar-refractivity contribution in [2.24, 2.45) is 0 Å². The molecule has 13 heavy (non-hydrogen) atoms. The third-order valence-corrected chi connectivity index (χ3v) is 3.53. The van der Waals surface area contributed by atoms with Crippen LogP contribution in [0.5, 0.6) is 0 Å². The standard InChI is InChI=1S/C9H7Cl2NS/c10-4-6-7(12)3-8-5(9(6)11)1-2-13-8/h1-3H,4,12H2. The third-order valence-electron chi connectivity index (χ3n) is 1.97. The van der Waals surface area contributed by atoms with Gasteiger partial charge in [-0.2, -0.15) is 0 Å². The monoisotopic (exact) mass is 231 g/mol. The van der Waals surface area contributed by atoms with Crippen molar-refractivity contribution in [3.63, 3.8) is 0 Å². The third kappa shape index (κ3) is 1.39. The van der Waals surface area contributed by atoms with Crippen LogP contribution >= 0.6 is 34.5 Å². The summed E-state index contributed by atoms with van der Waals surface area (Å²) in [6.07, 6.45) is 0. The molecule has 0 fully saturated rings. The van der Waals surface area contributed by atoms with Gasteiger partial charge in [-0.25, -0.2) is 0 Å². The molecule has 0 atom stereocenters. The summed E-state index contributed by atoms with van der Waals surface area (Å²) in [4.78, 5) is 0. The zero-order chi connectivity index (χ0) is 9.42. The normalized spacial score (nSPS) is 10.9. The van der Waals surface area contributed by atoms with Gasteiger partial charge in [0.2, 0.25) is 0 Å². The van der Waals surface area contributed by atoms with Crippen LogP contribution in [-0.4, -0.2) is 0 Å². The van der Waals surface area contributed by atoms with Crippen molar-refractivity contribution < 1.29 is 0 Å². The molecule has 1 nitrogen and oxygen atoms in total. The van der Waals surface area contributed by atoms with Crippen LogP contribution in [0, 0.1) is 0 Å². The van der Waals surface area contributed by atoms with Crippen molar-refractivity contribution in [1.29, 1.82) is 0 Å². The fourth-order valence-corrected chi connectivity index (χ4v) is 2.86. The predicted octanol–water partition coefficient (Wildman–Crippen LogP) is 3.88. The minimum Gasteiger partial charge on any atom is -0.398 e. The van der Waals surface area contributed by atoms with Gasteiger partial charge in [-0.3, -0.25) is 0 Å². The molecule has 68 valence electrons. The summed E-state index contributed by atoms with van der Waals surface area (Å²) in [5.41, 5.74) is 7.30. The maximum absolute atomic E-state index is 6.13. The summed E-state index contributed by atoms with van der Waals surface area (Å²) in [7, 11) is 0. The molecule has 0 saturated heterocycles. The molecule has 1 aromatic heterocycles. The van der Waals surface area contributed by atoms with E-state index in [1.165, 1.54) is 0 Å². The van der Waals surface area contributed by atoms with Gasteiger partial charge in [-0.15, -0.1) is 22.9 Å². The first-order chi connectivity index (χ1) is 6.24. The zero-order valence-electron chi connectivity index (χ0n) is 6.68. The van der Waals surface area contributed by atoms with Crippen molar-refractivity contribution in [2.45, 2.75) is 5.88 Å². The summed E-state index contributed by atoms with van der Waals surface area (Å²) in [5.74, 6) is 0.358. The molecule has 0 aliphatic rings. The van der Waals surface area contributed by atoms with Crippen LogP contribution in [0.2, 0.25) is 5.02 Å². The minimum atomic E-state index is 0.358.